The smallest absolute Gasteiger partial charge is 0.304 e. The van der Waals surface area contributed by atoms with Crippen molar-refractivity contribution in [2.24, 2.45) is 0 Å². The molecule has 3 aromatic heterocycles. The highest BCUT2D eigenvalue weighted by Crippen LogP contribution is 2.38. The van der Waals surface area contributed by atoms with Crippen LogP contribution in [0, 0.1) is 13.8 Å². The molecule has 0 aliphatic heterocycles. The molecule has 0 radical (unpaired) electrons. The molecule has 0 unspecified atom stereocenters. The van der Waals surface area contributed by atoms with Gasteiger partial charge < -0.3 is 30.6 Å². The zero-order chi connectivity index (χ0) is 32.9. The number of pyridine rings is 2. The van der Waals surface area contributed by atoms with Crippen molar-refractivity contribution in [2.75, 3.05) is 25.0 Å². The van der Waals surface area contributed by atoms with E-state index in [1.54, 1.807) is 6.20 Å². The number of anilines is 2. The van der Waals surface area contributed by atoms with Crippen molar-refractivity contribution in [1.29, 1.82) is 0 Å². The fourth-order valence-electron chi connectivity index (χ4n) is 5.65. The molecule has 0 spiro atoms. The van der Waals surface area contributed by atoms with E-state index in [9.17, 15) is 4.79 Å². The SMILES string of the molecule is Cc1c(Nc2nccc3cc(CNCCO)cnc23)cccc1-c1cccc(-c2nc3cc(CNCCC(=O)O)cc(Cl)c3o2)c1C. The van der Waals surface area contributed by atoms with Gasteiger partial charge in [0, 0.05) is 55.2 Å². The zero-order valence-corrected chi connectivity index (χ0v) is 26.9. The minimum atomic E-state index is -0.847. The van der Waals surface area contributed by atoms with E-state index in [0.29, 0.717) is 54.0 Å². The molecule has 0 saturated heterocycles. The summed E-state index contributed by atoms with van der Waals surface area (Å²) in [5, 5.41) is 29.2. The lowest BCUT2D eigenvalue weighted by molar-refractivity contribution is -0.136. The number of carboxylic acid groups (broad SMARTS) is 1. The minimum Gasteiger partial charge on any atom is -0.481 e. The van der Waals surface area contributed by atoms with Crippen LogP contribution in [0.1, 0.15) is 28.7 Å². The summed E-state index contributed by atoms with van der Waals surface area (Å²) < 4.78 is 6.19. The Morgan fingerprint density at radius 2 is 1.64 bits per heavy atom. The van der Waals surface area contributed by atoms with Gasteiger partial charge in [-0.2, -0.15) is 0 Å². The molecule has 240 valence electrons. The first-order chi connectivity index (χ1) is 22.8. The largest absolute Gasteiger partial charge is 0.481 e. The predicted molar refractivity (Wildman–Crippen MR) is 185 cm³/mol. The molecule has 6 rings (SSSR count). The number of nitrogens with one attached hydrogen (secondary N) is 3. The number of benzene rings is 3. The van der Waals surface area contributed by atoms with Crippen molar-refractivity contribution < 1.29 is 19.4 Å². The molecule has 6 aromatic rings. The van der Waals surface area contributed by atoms with Crippen LogP contribution in [-0.2, 0) is 17.9 Å². The average molecular weight is 651 g/mol. The van der Waals surface area contributed by atoms with Crippen molar-refractivity contribution in [1.82, 2.24) is 25.6 Å². The van der Waals surface area contributed by atoms with Crippen LogP contribution in [0.15, 0.2) is 77.5 Å². The molecule has 11 heteroatoms. The maximum atomic E-state index is 10.8. The number of carbonyl (C=O) groups is 1. The van der Waals surface area contributed by atoms with Crippen LogP contribution in [0.3, 0.4) is 0 Å². The first-order valence-corrected chi connectivity index (χ1v) is 15.7. The van der Waals surface area contributed by atoms with Crippen molar-refractivity contribution in [3.8, 4) is 22.6 Å². The van der Waals surface area contributed by atoms with E-state index >= 15 is 0 Å². The number of carboxylic acids is 1. The molecule has 0 saturated carbocycles. The van der Waals surface area contributed by atoms with Gasteiger partial charge in [-0.1, -0.05) is 35.9 Å². The number of fused-ring (bicyclic) bond motifs is 2. The molecule has 0 atom stereocenters. The number of oxazole rings is 1. The third-order valence-corrected chi connectivity index (χ3v) is 8.34. The molecule has 10 nitrogen and oxygen atoms in total. The molecule has 3 heterocycles. The van der Waals surface area contributed by atoms with E-state index < -0.39 is 5.97 Å². The second-order valence-electron chi connectivity index (χ2n) is 11.3. The van der Waals surface area contributed by atoms with Gasteiger partial charge in [-0.3, -0.25) is 9.78 Å². The summed E-state index contributed by atoms with van der Waals surface area (Å²) in [4.78, 5) is 24.9. The lowest BCUT2D eigenvalue weighted by atomic mass is 9.93. The van der Waals surface area contributed by atoms with Gasteiger partial charge in [0.25, 0.3) is 0 Å². The first-order valence-electron chi connectivity index (χ1n) is 15.4. The van der Waals surface area contributed by atoms with Crippen LogP contribution in [0.5, 0.6) is 0 Å². The van der Waals surface area contributed by atoms with E-state index in [2.05, 4.69) is 53.0 Å². The monoisotopic (exact) mass is 650 g/mol. The van der Waals surface area contributed by atoms with Gasteiger partial charge in [0.1, 0.15) is 11.0 Å². The number of halogens is 1. The Morgan fingerprint density at radius 3 is 2.45 bits per heavy atom. The molecule has 3 aromatic carbocycles. The first kappa shape index (κ1) is 32.1. The summed E-state index contributed by atoms with van der Waals surface area (Å²) >= 11 is 6.58. The summed E-state index contributed by atoms with van der Waals surface area (Å²) in [6.45, 7) is 6.21. The zero-order valence-electron chi connectivity index (χ0n) is 26.1. The van der Waals surface area contributed by atoms with Crippen LogP contribution in [0.25, 0.3) is 44.6 Å². The quantitative estimate of drug-likeness (QED) is 0.0849. The van der Waals surface area contributed by atoms with Crippen LogP contribution in [0.2, 0.25) is 5.02 Å². The van der Waals surface area contributed by atoms with Crippen LogP contribution < -0.4 is 16.0 Å². The lowest BCUT2D eigenvalue weighted by Gasteiger charge is -2.16. The number of rotatable bonds is 13. The molecular formula is C36H35ClN6O4. The number of aliphatic hydroxyl groups is 1. The van der Waals surface area contributed by atoms with Gasteiger partial charge in [0.05, 0.1) is 18.1 Å². The summed E-state index contributed by atoms with van der Waals surface area (Å²) in [6, 6.07) is 20.0. The maximum absolute atomic E-state index is 10.8. The normalized spacial score (nSPS) is 11.4. The van der Waals surface area contributed by atoms with Crippen molar-refractivity contribution >= 4 is 51.1 Å². The molecule has 47 heavy (non-hydrogen) atoms. The number of hydrogen-bond acceptors (Lipinski definition) is 9. The highest BCUT2D eigenvalue weighted by atomic mass is 35.5. The van der Waals surface area contributed by atoms with Gasteiger partial charge in [-0.05, 0) is 83.6 Å². The van der Waals surface area contributed by atoms with E-state index in [-0.39, 0.29) is 13.0 Å². The molecule has 0 fully saturated rings. The molecule has 0 bridgehead atoms. The van der Waals surface area contributed by atoms with E-state index in [1.165, 1.54) is 0 Å². The third kappa shape index (κ3) is 7.11. The van der Waals surface area contributed by atoms with Crippen molar-refractivity contribution in [3.63, 3.8) is 0 Å². The highest BCUT2D eigenvalue weighted by Gasteiger charge is 2.18. The number of hydrogen-bond donors (Lipinski definition) is 5. The Hall–Kier alpha value is -4.87. The Bertz CT molecular complexity index is 2080. The van der Waals surface area contributed by atoms with Crippen molar-refractivity contribution in [2.45, 2.75) is 33.4 Å². The van der Waals surface area contributed by atoms with Crippen molar-refractivity contribution in [3.05, 3.63) is 100 Å². The number of aromatic nitrogens is 3. The Balaban J connectivity index is 1.28. The number of nitrogens with zero attached hydrogens (tertiary/aromatic N) is 3. The standard InChI is InChI=1S/C36H35ClN6O4/c1-21-26(5-3-7-28(21)36-43-31-17-23(16-29(37)34(31)47-36)18-38-11-10-32(45)46)27-6-4-8-30(22(27)2)42-35-33-25(9-12-40-35)15-24(20-41-33)19-39-13-14-44/h3-9,12,15-17,20,38-39,44H,10-11,13-14,18-19H2,1-2H3,(H,40,42)(H,45,46). The molecule has 0 aliphatic carbocycles. The average Bonchev–Trinajstić information content (AvgIpc) is 3.49. The molecular weight excluding hydrogens is 616 g/mol. The molecule has 0 amide bonds. The predicted octanol–water partition coefficient (Wildman–Crippen LogP) is 6.77. The topological polar surface area (TPSA) is 145 Å². The third-order valence-electron chi connectivity index (χ3n) is 8.06. The maximum Gasteiger partial charge on any atom is 0.304 e. The van der Waals surface area contributed by atoms with Gasteiger partial charge in [-0.15, -0.1) is 0 Å². The van der Waals surface area contributed by atoms with E-state index in [4.69, 9.17) is 36.2 Å². The summed E-state index contributed by atoms with van der Waals surface area (Å²) in [5.41, 5.74) is 9.79. The van der Waals surface area contributed by atoms with Gasteiger partial charge in [0.2, 0.25) is 5.89 Å². The van der Waals surface area contributed by atoms with Crippen LogP contribution >= 0.6 is 11.6 Å². The van der Waals surface area contributed by atoms with Gasteiger partial charge in [0.15, 0.2) is 11.4 Å². The Labute approximate surface area is 276 Å². The van der Waals surface area contributed by atoms with E-state index in [0.717, 1.165) is 55.5 Å². The highest BCUT2D eigenvalue weighted by molar-refractivity contribution is 6.34. The van der Waals surface area contributed by atoms with Gasteiger partial charge >= 0.3 is 5.97 Å². The fourth-order valence-corrected chi connectivity index (χ4v) is 5.92. The second-order valence-corrected chi connectivity index (χ2v) is 11.7. The fraction of sp³-hybridized carbons (Fsp3) is 0.222. The van der Waals surface area contributed by atoms with E-state index in [1.807, 2.05) is 48.7 Å². The van der Waals surface area contributed by atoms with Crippen LogP contribution in [0.4, 0.5) is 11.5 Å². The lowest BCUT2D eigenvalue weighted by Crippen LogP contribution is -2.17. The second kappa shape index (κ2) is 14.3. The summed E-state index contributed by atoms with van der Waals surface area (Å²) in [5.74, 6) is 0.296. The summed E-state index contributed by atoms with van der Waals surface area (Å²) in [6.07, 6.45) is 3.65. The Kier molecular flexibility index (Phi) is 9.74. The minimum absolute atomic E-state index is 0.0432. The Morgan fingerprint density at radius 1 is 0.894 bits per heavy atom. The molecule has 5 N–H and O–H groups in total. The summed E-state index contributed by atoms with van der Waals surface area (Å²) in [7, 11) is 0. The van der Waals surface area contributed by atoms with Crippen LogP contribution in [-0.4, -0.2) is 50.8 Å². The number of aliphatic hydroxyl groups excluding tert-OH is 1. The molecule has 0 aliphatic rings. The number of aliphatic carboxylic acids is 1. The van der Waals surface area contributed by atoms with Gasteiger partial charge in [-0.25, -0.2) is 9.97 Å².